The van der Waals surface area contributed by atoms with Crippen LogP contribution in [0.15, 0.2) is 18.6 Å². The maximum Gasteiger partial charge on any atom is 0.0852 e. The summed E-state index contributed by atoms with van der Waals surface area (Å²) in [4.78, 5) is 0. The van der Waals surface area contributed by atoms with Gasteiger partial charge in [-0.05, 0) is 37.5 Å². The van der Waals surface area contributed by atoms with Crippen LogP contribution in [0.25, 0.3) is 0 Å². The Bertz CT molecular complexity index is 794. The molecule has 0 amide bonds. The van der Waals surface area contributed by atoms with Crippen molar-refractivity contribution in [1.29, 1.82) is 0 Å². The zero-order valence-electron chi connectivity index (χ0n) is 18.7. The summed E-state index contributed by atoms with van der Waals surface area (Å²) in [5.74, 6) is 1.47. The highest BCUT2D eigenvalue weighted by Gasteiger charge is 2.25. The molecule has 0 bridgehead atoms. The third-order valence-corrected chi connectivity index (χ3v) is 4.54. The topological polar surface area (TPSA) is 103 Å². The smallest absolute Gasteiger partial charge is 0.0852 e. The number of H-pyrrole nitrogens is 1. The third-order valence-electron chi connectivity index (χ3n) is 4.54. The molecule has 1 fully saturated rings. The second-order valence-electron chi connectivity index (χ2n) is 8.21. The summed E-state index contributed by atoms with van der Waals surface area (Å²) >= 11 is 0. The van der Waals surface area contributed by atoms with Gasteiger partial charge >= 0.3 is 0 Å². The normalized spacial score (nSPS) is 13.3. The van der Waals surface area contributed by atoms with Crippen LogP contribution in [0.1, 0.15) is 102 Å². The van der Waals surface area contributed by atoms with Crippen molar-refractivity contribution in [3.05, 3.63) is 35.7 Å². The first-order chi connectivity index (χ1) is 13.8. The van der Waals surface area contributed by atoms with E-state index in [0.29, 0.717) is 23.8 Å². The highest BCUT2D eigenvalue weighted by atomic mass is 15.4. The van der Waals surface area contributed by atoms with Crippen LogP contribution in [0, 0.1) is 0 Å². The summed E-state index contributed by atoms with van der Waals surface area (Å²) in [6, 6.07) is 0.662. The second-order valence-corrected chi connectivity index (χ2v) is 8.21. The van der Waals surface area contributed by atoms with Gasteiger partial charge in [0.2, 0.25) is 0 Å². The van der Waals surface area contributed by atoms with Crippen molar-refractivity contribution in [2.45, 2.75) is 91.6 Å². The van der Waals surface area contributed by atoms with Crippen molar-refractivity contribution in [1.82, 2.24) is 45.4 Å². The van der Waals surface area contributed by atoms with Gasteiger partial charge in [-0.3, -0.25) is 4.68 Å². The third kappa shape index (κ3) is 7.40. The lowest BCUT2D eigenvalue weighted by molar-refractivity contribution is 0.610. The van der Waals surface area contributed by atoms with Crippen LogP contribution in [0.2, 0.25) is 0 Å². The van der Waals surface area contributed by atoms with Gasteiger partial charge in [0, 0.05) is 18.9 Å². The molecule has 0 aliphatic heterocycles. The van der Waals surface area contributed by atoms with E-state index in [0.717, 1.165) is 23.6 Å². The fourth-order valence-electron chi connectivity index (χ4n) is 2.29. The first-order valence-corrected chi connectivity index (χ1v) is 10.5. The van der Waals surface area contributed by atoms with Crippen molar-refractivity contribution in [3.63, 3.8) is 0 Å². The average Bonchev–Trinajstić information content (AvgIpc) is 3.17. The predicted molar refractivity (Wildman–Crippen MR) is 113 cm³/mol. The molecule has 3 aromatic heterocycles. The summed E-state index contributed by atoms with van der Waals surface area (Å²) in [6.45, 7) is 15.6. The van der Waals surface area contributed by atoms with Crippen molar-refractivity contribution in [2.24, 2.45) is 0 Å². The second kappa shape index (κ2) is 10.8. The number of hydrogen-bond acceptors (Lipinski definition) is 6. The summed E-state index contributed by atoms with van der Waals surface area (Å²) in [5, 5.41) is 26.2. The van der Waals surface area contributed by atoms with Crippen LogP contribution in [0.3, 0.4) is 0 Å². The molecule has 0 unspecified atom stereocenters. The zero-order valence-corrected chi connectivity index (χ0v) is 18.7. The first kappa shape index (κ1) is 22.7. The predicted octanol–water partition coefficient (Wildman–Crippen LogP) is 4.09. The number of aromatic nitrogens is 9. The SMILES string of the molecule is CC(C)c1cn(C2CC2)nn1.CC(C)c1cn[nH]n1.CCn1cc(C(C)C)nn1. The van der Waals surface area contributed by atoms with E-state index in [2.05, 4.69) is 90.7 Å². The monoisotopic (exact) mass is 401 g/mol. The highest BCUT2D eigenvalue weighted by molar-refractivity contribution is 5.00. The van der Waals surface area contributed by atoms with Gasteiger partial charge in [0.1, 0.15) is 0 Å². The Hall–Kier alpha value is -2.58. The summed E-state index contributed by atoms with van der Waals surface area (Å²) < 4.78 is 3.84. The highest BCUT2D eigenvalue weighted by Crippen LogP contribution is 2.34. The van der Waals surface area contributed by atoms with E-state index >= 15 is 0 Å². The molecule has 29 heavy (non-hydrogen) atoms. The molecule has 3 aromatic rings. The molecule has 0 atom stereocenters. The Morgan fingerprint density at radius 3 is 1.83 bits per heavy atom. The molecule has 9 heteroatoms. The number of rotatable bonds is 5. The Balaban J connectivity index is 0.000000157. The molecule has 1 N–H and O–H groups in total. The van der Waals surface area contributed by atoms with Gasteiger partial charge < -0.3 is 0 Å². The Kier molecular flexibility index (Phi) is 8.48. The molecule has 0 saturated heterocycles. The van der Waals surface area contributed by atoms with Gasteiger partial charge in [0.05, 0.1) is 29.3 Å². The minimum atomic E-state index is 0.480. The summed E-state index contributed by atoms with van der Waals surface area (Å²) in [5.41, 5.74) is 3.20. The fraction of sp³-hybridized carbons (Fsp3) is 0.700. The molecular weight excluding hydrogens is 366 g/mol. The van der Waals surface area contributed by atoms with Crippen LogP contribution in [-0.2, 0) is 6.54 Å². The van der Waals surface area contributed by atoms with Crippen molar-refractivity contribution >= 4 is 0 Å². The summed E-state index contributed by atoms with van der Waals surface area (Å²) in [7, 11) is 0. The molecule has 0 spiro atoms. The van der Waals surface area contributed by atoms with Gasteiger partial charge in [-0.15, -0.1) is 10.2 Å². The number of aryl methyl sites for hydroxylation is 1. The van der Waals surface area contributed by atoms with Crippen molar-refractivity contribution in [3.8, 4) is 0 Å². The van der Waals surface area contributed by atoms with Crippen LogP contribution < -0.4 is 0 Å². The maximum atomic E-state index is 4.09. The summed E-state index contributed by atoms with van der Waals surface area (Å²) in [6.07, 6.45) is 8.36. The standard InChI is InChI=1S/C8H13N3.C7H13N3.C5H9N3/c1-6(2)8-5-11(10-9-8)7-3-4-7;1-4-10-5-7(6(2)3)8-9-10;1-4(2)5-3-6-8-7-5/h5-7H,3-4H2,1-2H3;5-6H,4H2,1-3H3;3-4H,1-2H3,(H,6,7,8). The minimum absolute atomic E-state index is 0.480. The van der Waals surface area contributed by atoms with Crippen LogP contribution in [-0.4, -0.2) is 45.4 Å². The van der Waals surface area contributed by atoms with Crippen LogP contribution in [0.4, 0.5) is 0 Å². The molecule has 4 rings (SSSR count). The average molecular weight is 402 g/mol. The number of aromatic amines is 1. The Labute approximate surface area is 173 Å². The molecule has 1 saturated carbocycles. The minimum Gasteiger partial charge on any atom is -0.253 e. The lowest BCUT2D eigenvalue weighted by Gasteiger charge is -1.95. The number of nitrogens with one attached hydrogen (secondary N) is 1. The number of nitrogens with zero attached hydrogens (tertiary/aromatic N) is 8. The molecule has 9 nitrogen and oxygen atoms in total. The molecule has 0 radical (unpaired) electrons. The lowest BCUT2D eigenvalue weighted by atomic mass is 10.2. The number of hydrogen-bond donors (Lipinski definition) is 1. The van der Waals surface area contributed by atoms with E-state index in [1.54, 1.807) is 6.20 Å². The lowest BCUT2D eigenvalue weighted by Crippen LogP contribution is -1.93. The van der Waals surface area contributed by atoms with Crippen molar-refractivity contribution in [2.75, 3.05) is 0 Å². The molecule has 1 aliphatic carbocycles. The van der Waals surface area contributed by atoms with Gasteiger partial charge in [-0.1, -0.05) is 52.0 Å². The van der Waals surface area contributed by atoms with Gasteiger partial charge in [0.15, 0.2) is 0 Å². The largest absolute Gasteiger partial charge is 0.253 e. The zero-order chi connectivity index (χ0) is 21.4. The van der Waals surface area contributed by atoms with Gasteiger partial charge in [-0.25, -0.2) is 4.68 Å². The quantitative estimate of drug-likeness (QED) is 0.691. The molecule has 0 aromatic carbocycles. The van der Waals surface area contributed by atoms with Gasteiger partial charge in [-0.2, -0.15) is 15.4 Å². The Morgan fingerprint density at radius 2 is 1.48 bits per heavy atom. The van der Waals surface area contributed by atoms with Gasteiger partial charge in [0.25, 0.3) is 0 Å². The van der Waals surface area contributed by atoms with E-state index in [9.17, 15) is 0 Å². The van der Waals surface area contributed by atoms with Crippen molar-refractivity contribution < 1.29 is 0 Å². The fourth-order valence-corrected chi connectivity index (χ4v) is 2.29. The van der Waals surface area contributed by atoms with E-state index in [1.165, 1.54) is 12.8 Å². The molecule has 160 valence electrons. The van der Waals surface area contributed by atoms with Crippen LogP contribution in [0.5, 0.6) is 0 Å². The first-order valence-electron chi connectivity index (χ1n) is 10.5. The Morgan fingerprint density at radius 1 is 0.897 bits per heavy atom. The van der Waals surface area contributed by atoms with E-state index in [1.807, 2.05) is 15.6 Å². The van der Waals surface area contributed by atoms with E-state index in [4.69, 9.17) is 0 Å². The molecule has 3 heterocycles. The van der Waals surface area contributed by atoms with Crippen LogP contribution >= 0.6 is 0 Å². The molecule has 1 aliphatic rings. The maximum absolute atomic E-state index is 4.09. The van der Waals surface area contributed by atoms with E-state index < -0.39 is 0 Å². The molecular formula is C20H35N9. The van der Waals surface area contributed by atoms with E-state index in [-0.39, 0.29) is 0 Å².